The highest BCUT2D eigenvalue weighted by Gasteiger charge is 2.24. The van der Waals surface area contributed by atoms with E-state index >= 15 is 0 Å². The Bertz CT molecular complexity index is 493. The number of nitro benzene ring substituents is 1. The minimum absolute atomic E-state index is 0.0294. The van der Waals surface area contributed by atoms with Crippen LogP contribution in [0.5, 0.6) is 5.75 Å². The van der Waals surface area contributed by atoms with Gasteiger partial charge >= 0.3 is 0 Å². The van der Waals surface area contributed by atoms with E-state index in [9.17, 15) is 10.1 Å². The molecule has 1 aromatic rings. The highest BCUT2D eigenvalue weighted by Crippen LogP contribution is 2.25. The van der Waals surface area contributed by atoms with Crippen LogP contribution < -0.4 is 10.1 Å². The summed E-state index contributed by atoms with van der Waals surface area (Å²) in [6.07, 6.45) is 4.68. The molecular weight excluding hydrogens is 272 g/mol. The quantitative estimate of drug-likeness (QED) is 0.645. The van der Waals surface area contributed by atoms with E-state index in [4.69, 9.17) is 9.47 Å². The Kier molecular flexibility index (Phi) is 5.52. The number of non-ortho nitro benzene ring substituents is 1. The van der Waals surface area contributed by atoms with E-state index in [-0.39, 0.29) is 11.8 Å². The molecule has 2 atom stereocenters. The Morgan fingerprint density at radius 2 is 2.10 bits per heavy atom. The first-order valence-corrected chi connectivity index (χ1v) is 7.25. The van der Waals surface area contributed by atoms with Gasteiger partial charge in [0.25, 0.3) is 5.69 Å². The monoisotopic (exact) mass is 294 g/mol. The molecule has 0 heterocycles. The summed E-state index contributed by atoms with van der Waals surface area (Å²) < 4.78 is 11.1. The van der Waals surface area contributed by atoms with E-state index in [2.05, 4.69) is 5.32 Å². The van der Waals surface area contributed by atoms with Crippen molar-refractivity contribution in [2.24, 2.45) is 0 Å². The summed E-state index contributed by atoms with van der Waals surface area (Å²) in [6.45, 7) is 0.362. The van der Waals surface area contributed by atoms with E-state index in [1.807, 2.05) is 7.05 Å². The number of methoxy groups -OCH3 is 1. The van der Waals surface area contributed by atoms with Gasteiger partial charge in [-0.1, -0.05) is 12.8 Å². The number of ether oxygens (including phenoxy) is 2. The van der Waals surface area contributed by atoms with Crippen LogP contribution in [0, 0.1) is 10.1 Å². The van der Waals surface area contributed by atoms with Gasteiger partial charge in [0.2, 0.25) is 0 Å². The van der Waals surface area contributed by atoms with E-state index in [1.54, 1.807) is 12.1 Å². The number of hydrogen-bond donors (Lipinski definition) is 1. The van der Waals surface area contributed by atoms with Gasteiger partial charge in [-0.15, -0.1) is 0 Å². The van der Waals surface area contributed by atoms with Gasteiger partial charge in [0.05, 0.1) is 30.8 Å². The second-order valence-corrected chi connectivity index (χ2v) is 5.33. The van der Waals surface area contributed by atoms with Crippen molar-refractivity contribution in [2.45, 2.75) is 44.4 Å². The Labute approximate surface area is 124 Å². The molecule has 0 radical (unpaired) electrons. The van der Waals surface area contributed by atoms with Crippen LogP contribution in [0.2, 0.25) is 0 Å². The molecule has 0 aliphatic heterocycles. The van der Waals surface area contributed by atoms with Gasteiger partial charge in [0, 0.05) is 12.1 Å². The zero-order valence-corrected chi connectivity index (χ0v) is 12.5. The van der Waals surface area contributed by atoms with Gasteiger partial charge in [0.15, 0.2) is 0 Å². The summed E-state index contributed by atoms with van der Waals surface area (Å²) >= 11 is 0. The number of benzene rings is 1. The van der Waals surface area contributed by atoms with Crippen molar-refractivity contribution in [1.82, 2.24) is 5.32 Å². The highest BCUT2D eigenvalue weighted by molar-refractivity contribution is 5.42. The lowest BCUT2D eigenvalue weighted by atomic mass is 9.92. The third-order valence-electron chi connectivity index (χ3n) is 3.94. The SMILES string of the molecule is CNC1CCCCC1OCc1cc(OC)cc([N+](=O)[O-])c1. The first kappa shape index (κ1) is 15.7. The number of nitro groups is 1. The van der Waals surface area contributed by atoms with Crippen molar-refractivity contribution in [3.8, 4) is 5.75 Å². The summed E-state index contributed by atoms with van der Waals surface area (Å²) in [4.78, 5) is 10.5. The molecule has 1 fully saturated rings. The van der Waals surface area contributed by atoms with Crippen LogP contribution in [0.4, 0.5) is 5.69 Å². The molecule has 1 aliphatic rings. The summed E-state index contributed by atoms with van der Waals surface area (Å²) in [6, 6.07) is 5.10. The van der Waals surface area contributed by atoms with Gasteiger partial charge in [-0.3, -0.25) is 10.1 Å². The number of rotatable bonds is 6. The fraction of sp³-hybridized carbons (Fsp3) is 0.600. The number of nitrogens with one attached hydrogen (secondary N) is 1. The molecule has 0 spiro atoms. The van der Waals surface area contributed by atoms with E-state index in [0.717, 1.165) is 18.4 Å². The molecule has 1 aromatic carbocycles. The van der Waals surface area contributed by atoms with Gasteiger partial charge in [-0.25, -0.2) is 0 Å². The van der Waals surface area contributed by atoms with Crippen molar-refractivity contribution in [3.63, 3.8) is 0 Å². The molecule has 2 unspecified atom stereocenters. The van der Waals surface area contributed by atoms with Crippen LogP contribution in [0.1, 0.15) is 31.2 Å². The third-order valence-corrected chi connectivity index (χ3v) is 3.94. The molecule has 2 rings (SSSR count). The molecule has 0 saturated heterocycles. The van der Waals surface area contributed by atoms with Gasteiger partial charge in [0.1, 0.15) is 5.75 Å². The first-order chi connectivity index (χ1) is 10.1. The zero-order valence-electron chi connectivity index (χ0n) is 12.5. The van der Waals surface area contributed by atoms with Crippen molar-refractivity contribution >= 4 is 5.69 Å². The summed E-state index contributed by atoms with van der Waals surface area (Å²) in [5.74, 6) is 0.483. The number of hydrogen-bond acceptors (Lipinski definition) is 5. The molecule has 1 N–H and O–H groups in total. The first-order valence-electron chi connectivity index (χ1n) is 7.25. The van der Waals surface area contributed by atoms with Crippen molar-refractivity contribution in [1.29, 1.82) is 0 Å². The minimum Gasteiger partial charge on any atom is -0.496 e. The smallest absolute Gasteiger partial charge is 0.273 e. The minimum atomic E-state index is -0.414. The lowest BCUT2D eigenvalue weighted by Gasteiger charge is -2.31. The number of likely N-dealkylation sites (N-methyl/N-ethyl adjacent to an activating group) is 1. The fourth-order valence-corrected chi connectivity index (χ4v) is 2.78. The molecule has 0 aromatic heterocycles. The maximum Gasteiger partial charge on any atom is 0.273 e. The standard InChI is InChI=1S/C15H22N2O4/c1-16-14-5-3-4-6-15(14)21-10-11-7-12(17(18)19)9-13(8-11)20-2/h7-9,14-16H,3-6,10H2,1-2H3. The van der Waals surface area contributed by atoms with Crippen LogP contribution in [-0.2, 0) is 11.3 Å². The van der Waals surface area contributed by atoms with Crippen LogP contribution in [0.15, 0.2) is 18.2 Å². The molecule has 6 nitrogen and oxygen atoms in total. The zero-order chi connectivity index (χ0) is 15.2. The topological polar surface area (TPSA) is 73.6 Å². The molecule has 6 heteroatoms. The number of nitrogens with zero attached hydrogens (tertiary/aromatic N) is 1. The molecule has 1 aliphatic carbocycles. The summed E-state index contributed by atoms with van der Waals surface area (Å²) in [5.41, 5.74) is 0.795. The van der Waals surface area contributed by atoms with Gasteiger partial charge in [-0.05, 0) is 31.5 Å². The van der Waals surface area contributed by atoms with E-state index in [0.29, 0.717) is 18.4 Å². The van der Waals surface area contributed by atoms with Gasteiger partial charge in [-0.2, -0.15) is 0 Å². The van der Waals surface area contributed by atoms with Crippen LogP contribution >= 0.6 is 0 Å². The maximum atomic E-state index is 10.9. The lowest BCUT2D eigenvalue weighted by molar-refractivity contribution is -0.385. The second kappa shape index (κ2) is 7.38. The van der Waals surface area contributed by atoms with Crippen molar-refractivity contribution in [2.75, 3.05) is 14.2 Å². The molecule has 0 amide bonds. The average molecular weight is 294 g/mol. The summed E-state index contributed by atoms with van der Waals surface area (Å²) in [7, 11) is 3.45. The van der Waals surface area contributed by atoms with Gasteiger partial charge < -0.3 is 14.8 Å². The van der Waals surface area contributed by atoms with Crippen molar-refractivity contribution < 1.29 is 14.4 Å². The fourth-order valence-electron chi connectivity index (χ4n) is 2.78. The van der Waals surface area contributed by atoms with E-state index < -0.39 is 4.92 Å². The Hall–Kier alpha value is -1.66. The van der Waals surface area contributed by atoms with Crippen LogP contribution in [0.3, 0.4) is 0 Å². The van der Waals surface area contributed by atoms with Crippen molar-refractivity contribution in [3.05, 3.63) is 33.9 Å². The molecule has 21 heavy (non-hydrogen) atoms. The van der Waals surface area contributed by atoms with E-state index in [1.165, 1.54) is 26.0 Å². The third kappa shape index (κ3) is 4.15. The Morgan fingerprint density at radius 1 is 1.33 bits per heavy atom. The largest absolute Gasteiger partial charge is 0.496 e. The highest BCUT2D eigenvalue weighted by atomic mass is 16.6. The average Bonchev–Trinajstić information content (AvgIpc) is 2.52. The molecular formula is C15H22N2O4. The molecule has 1 saturated carbocycles. The lowest BCUT2D eigenvalue weighted by Crippen LogP contribution is -2.41. The molecule has 0 bridgehead atoms. The van der Waals surface area contributed by atoms with Crippen LogP contribution in [0.25, 0.3) is 0 Å². The normalized spacial score (nSPS) is 22.0. The molecule has 116 valence electrons. The summed E-state index contributed by atoms with van der Waals surface area (Å²) in [5, 5.41) is 14.2. The Morgan fingerprint density at radius 3 is 2.76 bits per heavy atom. The maximum absolute atomic E-state index is 10.9. The van der Waals surface area contributed by atoms with Crippen LogP contribution in [-0.4, -0.2) is 31.2 Å². The predicted octanol–water partition coefficient (Wildman–Crippen LogP) is 2.65. The Balaban J connectivity index is 2.04. The second-order valence-electron chi connectivity index (χ2n) is 5.33. The predicted molar refractivity (Wildman–Crippen MR) is 79.5 cm³/mol.